The summed E-state index contributed by atoms with van der Waals surface area (Å²) >= 11 is 13.0. The number of benzene rings is 2. The molecule has 41 heavy (non-hydrogen) atoms. The van der Waals surface area contributed by atoms with E-state index in [1.54, 1.807) is 30.5 Å². The molecule has 0 radical (unpaired) electrons. The molecule has 10 nitrogen and oxygen atoms in total. The topological polar surface area (TPSA) is 116 Å². The average Bonchev–Trinajstić information content (AvgIpc) is 3.35. The van der Waals surface area contributed by atoms with Crippen molar-refractivity contribution in [3.8, 4) is 16.8 Å². The monoisotopic (exact) mass is 600 g/mol. The van der Waals surface area contributed by atoms with Crippen molar-refractivity contribution in [2.24, 2.45) is 10.7 Å². The van der Waals surface area contributed by atoms with Crippen LogP contribution in [0.3, 0.4) is 0 Å². The van der Waals surface area contributed by atoms with Gasteiger partial charge in [0.1, 0.15) is 6.33 Å². The summed E-state index contributed by atoms with van der Waals surface area (Å²) in [6.07, 6.45) is 4.17. The van der Waals surface area contributed by atoms with Gasteiger partial charge in [-0.05, 0) is 42.2 Å². The van der Waals surface area contributed by atoms with Crippen molar-refractivity contribution < 1.29 is 18.3 Å². The molecule has 2 N–H and O–H groups in total. The number of carbonyl (C=O) groups is 1. The number of nitrogens with zero attached hydrogens (tertiary/aromatic N) is 7. The third kappa shape index (κ3) is 5.07. The molecule has 14 heteroatoms. The van der Waals surface area contributed by atoms with Crippen LogP contribution in [0, 0.1) is 0 Å². The molecule has 2 aromatic heterocycles. The molecule has 2 aliphatic rings. The van der Waals surface area contributed by atoms with E-state index in [1.807, 2.05) is 16.9 Å². The van der Waals surface area contributed by atoms with E-state index in [0.29, 0.717) is 22.2 Å². The third-order valence-electron chi connectivity index (χ3n) is 7.12. The predicted octanol–water partition coefficient (Wildman–Crippen LogP) is 5.30. The number of aliphatic imine (C=N–C) groups is 1. The van der Waals surface area contributed by atoms with E-state index in [-0.39, 0.29) is 23.3 Å². The number of nitrogens with two attached hydrogens (primary N) is 1. The van der Waals surface area contributed by atoms with Gasteiger partial charge in [0, 0.05) is 29.5 Å². The Hall–Kier alpha value is -3.87. The summed E-state index contributed by atoms with van der Waals surface area (Å²) in [5, 5.41) is 8.87. The molecule has 2 atom stereocenters. The Bertz CT molecular complexity index is 1650. The maximum atomic E-state index is 13.8. The second kappa shape index (κ2) is 10.8. The van der Waals surface area contributed by atoms with Crippen molar-refractivity contribution in [1.82, 2.24) is 29.4 Å². The molecule has 0 spiro atoms. The molecule has 1 aliphatic heterocycles. The minimum atomic E-state index is -2.87. The molecule has 1 amide bonds. The number of guanidine groups is 1. The summed E-state index contributed by atoms with van der Waals surface area (Å²) in [4.78, 5) is 23.2. The molecule has 1 aliphatic carbocycles. The number of hydrogen-bond acceptors (Lipinski definition) is 7. The molecule has 0 bridgehead atoms. The van der Waals surface area contributed by atoms with Crippen molar-refractivity contribution in [3.05, 3.63) is 82.1 Å². The maximum Gasteiger partial charge on any atom is 0.297 e. The Morgan fingerprint density at radius 3 is 2.61 bits per heavy atom. The fraction of sp³-hybridized carbons (Fsp3) is 0.296. The fourth-order valence-corrected chi connectivity index (χ4v) is 5.41. The van der Waals surface area contributed by atoms with E-state index < -0.39 is 30.2 Å². The van der Waals surface area contributed by atoms with Crippen LogP contribution in [-0.2, 0) is 9.53 Å². The lowest BCUT2D eigenvalue weighted by Gasteiger charge is -2.28. The summed E-state index contributed by atoms with van der Waals surface area (Å²) in [7, 11) is 1.47. The summed E-state index contributed by atoms with van der Waals surface area (Å²) in [6.45, 7) is 0.0342. The average molecular weight is 601 g/mol. The predicted molar refractivity (Wildman–Crippen MR) is 148 cm³/mol. The Kier molecular flexibility index (Phi) is 7.22. The highest BCUT2D eigenvalue weighted by Gasteiger charge is 2.40. The lowest BCUT2D eigenvalue weighted by atomic mass is 10.0. The first kappa shape index (κ1) is 27.3. The Labute approximate surface area is 243 Å². The number of carbonyl (C=O) groups excluding carboxylic acids is 1. The van der Waals surface area contributed by atoms with Gasteiger partial charge < -0.3 is 10.5 Å². The first-order valence-corrected chi connectivity index (χ1v) is 13.5. The molecular weight excluding hydrogens is 577 g/mol. The summed E-state index contributed by atoms with van der Waals surface area (Å²) < 4.78 is 35.4. The smallest absolute Gasteiger partial charge is 0.297 e. The van der Waals surface area contributed by atoms with Gasteiger partial charge >= 0.3 is 0 Å². The Morgan fingerprint density at radius 1 is 1.10 bits per heavy atom. The highest BCUT2D eigenvalue weighted by Crippen LogP contribution is 2.39. The first-order valence-electron chi connectivity index (χ1n) is 12.7. The van der Waals surface area contributed by atoms with E-state index in [4.69, 9.17) is 33.7 Å². The van der Waals surface area contributed by atoms with E-state index in [9.17, 15) is 13.6 Å². The summed E-state index contributed by atoms with van der Waals surface area (Å²) in [5.41, 5.74) is 9.27. The second-order valence-electron chi connectivity index (χ2n) is 9.79. The molecule has 1 saturated carbocycles. The molecular formula is C27H24Cl2F2N8O2. The van der Waals surface area contributed by atoms with Gasteiger partial charge in [-0.1, -0.05) is 41.4 Å². The van der Waals surface area contributed by atoms with Crippen LogP contribution in [0.1, 0.15) is 54.3 Å². The number of amides is 1. The van der Waals surface area contributed by atoms with Gasteiger partial charge in [-0.3, -0.25) is 14.4 Å². The normalized spacial score (nSPS) is 17.9. The van der Waals surface area contributed by atoms with Gasteiger partial charge in [0.25, 0.3) is 12.3 Å². The summed E-state index contributed by atoms with van der Waals surface area (Å²) in [6, 6.07) is 8.88. The van der Waals surface area contributed by atoms with Crippen LogP contribution in [-0.4, -0.2) is 55.0 Å². The zero-order valence-electron chi connectivity index (χ0n) is 21.7. The van der Waals surface area contributed by atoms with Crippen molar-refractivity contribution in [2.75, 3.05) is 13.7 Å². The number of hydrogen-bond donors (Lipinski definition) is 1. The molecule has 2 aromatic carbocycles. The van der Waals surface area contributed by atoms with Crippen molar-refractivity contribution in [1.29, 1.82) is 0 Å². The zero-order chi connectivity index (χ0) is 28.8. The SMILES string of the molecule is COCC(c1ccc(Cl)c(-n2ncnc2C(F)F)c1)N1C(=O)C(c2ccc(-c3cnn(C4CC4)c3)cc2Cl)N=C1N. The van der Waals surface area contributed by atoms with E-state index in [2.05, 4.69) is 20.2 Å². The van der Waals surface area contributed by atoms with Gasteiger partial charge in [0.2, 0.25) is 0 Å². The molecule has 3 heterocycles. The van der Waals surface area contributed by atoms with Gasteiger partial charge in [0.15, 0.2) is 17.8 Å². The van der Waals surface area contributed by atoms with Gasteiger partial charge in [-0.2, -0.15) is 10.2 Å². The number of methoxy groups -OCH3 is 1. The van der Waals surface area contributed by atoms with Crippen LogP contribution < -0.4 is 5.73 Å². The number of halogens is 4. The van der Waals surface area contributed by atoms with Gasteiger partial charge in [-0.15, -0.1) is 0 Å². The lowest BCUT2D eigenvalue weighted by Crippen LogP contribution is -2.42. The number of rotatable bonds is 9. The fourth-order valence-electron chi connectivity index (χ4n) is 4.93. The Balaban J connectivity index is 1.30. The molecule has 2 unspecified atom stereocenters. The summed E-state index contributed by atoms with van der Waals surface area (Å²) in [5.74, 6) is -1.01. The molecule has 0 saturated heterocycles. The van der Waals surface area contributed by atoms with Crippen LogP contribution in [0.15, 0.2) is 60.1 Å². The van der Waals surface area contributed by atoms with Gasteiger partial charge in [0.05, 0.1) is 35.6 Å². The molecule has 212 valence electrons. The largest absolute Gasteiger partial charge is 0.382 e. The zero-order valence-corrected chi connectivity index (χ0v) is 23.2. The highest BCUT2D eigenvalue weighted by molar-refractivity contribution is 6.32. The van der Waals surface area contributed by atoms with Crippen LogP contribution >= 0.6 is 23.2 Å². The van der Waals surface area contributed by atoms with Crippen molar-refractivity contribution in [3.63, 3.8) is 0 Å². The van der Waals surface area contributed by atoms with Gasteiger partial charge in [-0.25, -0.2) is 23.4 Å². The second-order valence-corrected chi connectivity index (χ2v) is 10.6. The number of alkyl halides is 2. The van der Waals surface area contributed by atoms with Crippen LogP contribution in [0.2, 0.25) is 10.0 Å². The van der Waals surface area contributed by atoms with Crippen molar-refractivity contribution >= 4 is 35.1 Å². The minimum absolute atomic E-state index is 0.0292. The first-order chi connectivity index (χ1) is 19.8. The van der Waals surface area contributed by atoms with E-state index in [1.165, 1.54) is 18.1 Å². The van der Waals surface area contributed by atoms with Crippen LogP contribution in [0.25, 0.3) is 16.8 Å². The van der Waals surface area contributed by atoms with Crippen molar-refractivity contribution in [2.45, 2.75) is 37.4 Å². The lowest BCUT2D eigenvalue weighted by molar-refractivity contribution is -0.130. The number of aromatic nitrogens is 5. The standard InChI is InChI=1S/C27H24Cl2F2N8O2/c1-41-12-22(15-3-7-19(28)21(9-15)39-25(24(30)31)33-13-35-39)38-26(40)23(36-27(38)32)18-6-2-14(8-20(18)29)16-10-34-37(11-16)17-4-5-17/h2-3,6-11,13,17,22-24H,4-5,12H2,1H3,(H2,32,36). The molecule has 6 rings (SSSR count). The molecule has 4 aromatic rings. The highest BCUT2D eigenvalue weighted by atomic mass is 35.5. The van der Waals surface area contributed by atoms with Crippen LogP contribution in [0.5, 0.6) is 0 Å². The van der Waals surface area contributed by atoms with E-state index in [0.717, 1.165) is 35.0 Å². The quantitative estimate of drug-likeness (QED) is 0.279. The minimum Gasteiger partial charge on any atom is -0.382 e. The molecule has 1 fully saturated rings. The Morgan fingerprint density at radius 2 is 1.90 bits per heavy atom. The van der Waals surface area contributed by atoms with Crippen LogP contribution in [0.4, 0.5) is 8.78 Å². The maximum absolute atomic E-state index is 13.8. The number of ether oxygens (including phenoxy) is 1. The third-order valence-corrected chi connectivity index (χ3v) is 7.77. The van der Waals surface area contributed by atoms with E-state index >= 15 is 0 Å².